The first kappa shape index (κ1) is 15.5. The van der Waals surface area contributed by atoms with Crippen LogP contribution in [0.2, 0.25) is 0 Å². The fraction of sp³-hybridized carbons (Fsp3) is 0.933. The summed E-state index contributed by atoms with van der Waals surface area (Å²) >= 11 is 0. The third-order valence-corrected chi connectivity index (χ3v) is 4.15. The van der Waals surface area contributed by atoms with Crippen LogP contribution in [0.1, 0.15) is 71.6 Å². The van der Waals surface area contributed by atoms with E-state index in [9.17, 15) is 4.79 Å². The molecular weight excluding hydrogens is 224 g/mol. The number of rotatable bonds is 7. The van der Waals surface area contributed by atoms with Crippen molar-refractivity contribution in [2.75, 3.05) is 0 Å². The van der Waals surface area contributed by atoms with Crippen LogP contribution >= 0.6 is 0 Å². The summed E-state index contributed by atoms with van der Waals surface area (Å²) < 4.78 is 0. The molecule has 1 atom stereocenters. The average molecular weight is 254 g/mol. The highest BCUT2D eigenvalue weighted by atomic mass is 16.1. The van der Waals surface area contributed by atoms with Gasteiger partial charge in [-0.25, -0.2) is 0 Å². The monoisotopic (exact) mass is 254 g/mol. The fourth-order valence-electron chi connectivity index (χ4n) is 2.76. The Balaban J connectivity index is 2.23. The largest absolute Gasteiger partial charge is 0.353 e. The molecule has 1 unspecified atom stereocenters. The lowest BCUT2D eigenvalue weighted by Crippen LogP contribution is -2.40. The van der Waals surface area contributed by atoms with Gasteiger partial charge in [0.05, 0.1) is 0 Å². The van der Waals surface area contributed by atoms with Gasteiger partial charge in [-0.15, -0.1) is 0 Å². The summed E-state index contributed by atoms with van der Waals surface area (Å²) in [5, 5.41) is 3.19. The van der Waals surface area contributed by atoms with Gasteiger partial charge in [-0.3, -0.25) is 4.79 Å². The lowest BCUT2D eigenvalue weighted by molar-refractivity contribution is -0.123. The number of carbonyl (C=O) groups is 1. The van der Waals surface area contributed by atoms with E-state index in [-0.39, 0.29) is 5.91 Å². The number of nitrogens with one attached hydrogen (secondary N) is 1. The van der Waals surface area contributed by atoms with Crippen molar-refractivity contribution in [1.82, 2.24) is 5.32 Å². The van der Waals surface area contributed by atoms with Crippen molar-refractivity contribution >= 4 is 5.91 Å². The fourth-order valence-corrected chi connectivity index (χ4v) is 2.76. The summed E-state index contributed by atoms with van der Waals surface area (Å²) in [6, 6.07) is 0.729. The van der Waals surface area contributed by atoms with Gasteiger partial charge in [0.1, 0.15) is 0 Å². The van der Waals surface area contributed by atoms with Crippen molar-refractivity contribution in [2.45, 2.75) is 83.7 Å². The first-order valence-corrected chi connectivity index (χ1v) is 7.70. The molecule has 1 fully saturated rings. The Morgan fingerprint density at radius 2 is 1.94 bits per heavy atom. The molecular formula is C15H30N2O. The minimum absolute atomic E-state index is 0.249. The maximum absolute atomic E-state index is 12.0. The lowest BCUT2D eigenvalue weighted by Gasteiger charge is -2.27. The van der Waals surface area contributed by atoms with Gasteiger partial charge >= 0.3 is 0 Å². The zero-order valence-electron chi connectivity index (χ0n) is 12.1. The van der Waals surface area contributed by atoms with Gasteiger partial charge in [0.15, 0.2) is 0 Å². The van der Waals surface area contributed by atoms with Crippen LogP contribution in [0.4, 0.5) is 0 Å². The quantitative estimate of drug-likeness (QED) is 0.734. The van der Waals surface area contributed by atoms with Crippen LogP contribution in [0.15, 0.2) is 0 Å². The highest BCUT2D eigenvalue weighted by Crippen LogP contribution is 2.19. The molecule has 106 valence electrons. The Morgan fingerprint density at radius 1 is 1.28 bits per heavy atom. The molecule has 1 rings (SSSR count). The van der Waals surface area contributed by atoms with Gasteiger partial charge in [-0.2, -0.15) is 0 Å². The van der Waals surface area contributed by atoms with Gasteiger partial charge in [0, 0.05) is 18.5 Å². The first-order chi connectivity index (χ1) is 8.65. The van der Waals surface area contributed by atoms with E-state index in [1.54, 1.807) is 0 Å². The molecule has 0 aliphatic heterocycles. The molecule has 0 heterocycles. The second kappa shape index (κ2) is 8.52. The van der Waals surface area contributed by atoms with E-state index in [0.29, 0.717) is 24.4 Å². The average Bonchev–Trinajstić information content (AvgIpc) is 2.37. The molecule has 0 aromatic heterocycles. The molecule has 3 N–H and O–H groups in total. The van der Waals surface area contributed by atoms with Crippen LogP contribution in [0.3, 0.4) is 0 Å². The minimum Gasteiger partial charge on any atom is -0.353 e. The first-order valence-electron chi connectivity index (χ1n) is 7.70. The van der Waals surface area contributed by atoms with E-state index in [4.69, 9.17) is 5.73 Å². The molecule has 0 bridgehead atoms. The summed E-state index contributed by atoms with van der Waals surface area (Å²) in [6.45, 7) is 4.39. The molecule has 0 radical (unpaired) electrons. The van der Waals surface area contributed by atoms with Crippen LogP contribution in [0, 0.1) is 5.92 Å². The van der Waals surface area contributed by atoms with Crippen LogP contribution in [-0.4, -0.2) is 18.0 Å². The van der Waals surface area contributed by atoms with Crippen molar-refractivity contribution in [3.05, 3.63) is 0 Å². The third-order valence-electron chi connectivity index (χ3n) is 4.15. The maximum atomic E-state index is 12.0. The van der Waals surface area contributed by atoms with Gasteiger partial charge in [0.25, 0.3) is 0 Å². The summed E-state index contributed by atoms with van der Waals surface area (Å²) in [7, 11) is 0. The molecule has 0 aromatic rings. The van der Waals surface area contributed by atoms with E-state index >= 15 is 0 Å². The van der Waals surface area contributed by atoms with Gasteiger partial charge in [-0.1, -0.05) is 33.1 Å². The predicted octanol–water partition coefficient (Wildman–Crippen LogP) is 2.98. The third kappa shape index (κ3) is 5.85. The van der Waals surface area contributed by atoms with E-state index < -0.39 is 0 Å². The molecule has 0 saturated heterocycles. The standard InChI is InChI=1S/C15H30N2O/c1-3-5-6-12(4-2)11-15(18)17-14-9-7-13(16)8-10-14/h12-14H,3-11,16H2,1-2H3,(H,17,18). The van der Waals surface area contributed by atoms with Crippen LogP contribution < -0.4 is 11.1 Å². The Morgan fingerprint density at radius 3 is 2.50 bits per heavy atom. The molecule has 18 heavy (non-hydrogen) atoms. The summed E-state index contributed by atoms with van der Waals surface area (Å²) in [4.78, 5) is 12.0. The topological polar surface area (TPSA) is 55.1 Å². The second-order valence-electron chi connectivity index (χ2n) is 5.80. The minimum atomic E-state index is 0.249. The van der Waals surface area contributed by atoms with E-state index in [0.717, 1.165) is 32.1 Å². The number of hydrogen-bond acceptors (Lipinski definition) is 2. The Labute approximate surface area is 112 Å². The smallest absolute Gasteiger partial charge is 0.220 e. The van der Waals surface area contributed by atoms with E-state index in [1.165, 1.54) is 19.3 Å². The number of hydrogen-bond donors (Lipinski definition) is 2. The summed E-state index contributed by atoms with van der Waals surface area (Å²) in [5.41, 5.74) is 5.87. The highest BCUT2D eigenvalue weighted by Gasteiger charge is 2.21. The van der Waals surface area contributed by atoms with Crippen molar-refractivity contribution in [1.29, 1.82) is 0 Å². The van der Waals surface area contributed by atoms with Gasteiger partial charge < -0.3 is 11.1 Å². The predicted molar refractivity (Wildman–Crippen MR) is 76.3 cm³/mol. The zero-order valence-corrected chi connectivity index (χ0v) is 12.1. The normalized spacial score (nSPS) is 25.7. The SMILES string of the molecule is CCCCC(CC)CC(=O)NC1CCC(N)CC1. The molecule has 0 spiro atoms. The number of unbranched alkanes of at least 4 members (excludes halogenated alkanes) is 1. The summed E-state index contributed by atoms with van der Waals surface area (Å²) in [6.07, 6.45) is 9.69. The molecule has 1 saturated carbocycles. The number of carbonyl (C=O) groups excluding carboxylic acids is 1. The number of nitrogens with two attached hydrogens (primary N) is 1. The highest BCUT2D eigenvalue weighted by molar-refractivity contribution is 5.76. The van der Waals surface area contributed by atoms with Crippen LogP contribution in [-0.2, 0) is 4.79 Å². The zero-order chi connectivity index (χ0) is 13.4. The maximum Gasteiger partial charge on any atom is 0.220 e. The molecule has 3 heteroatoms. The molecule has 1 amide bonds. The number of amides is 1. The molecule has 1 aliphatic rings. The Bertz CT molecular complexity index is 226. The van der Waals surface area contributed by atoms with Crippen molar-refractivity contribution in [3.8, 4) is 0 Å². The van der Waals surface area contributed by atoms with Gasteiger partial charge in [0.2, 0.25) is 5.91 Å². The van der Waals surface area contributed by atoms with Crippen molar-refractivity contribution in [2.24, 2.45) is 11.7 Å². The van der Waals surface area contributed by atoms with Crippen molar-refractivity contribution in [3.63, 3.8) is 0 Å². The van der Waals surface area contributed by atoms with Crippen LogP contribution in [0.5, 0.6) is 0 Å². The molecule has 3 nitrogen and oxygen atoms in total. The van der Waals surface area contributed by atoms with Crippen LogP contribution in [0.25, 0.3) is 0 Å². The van der Waals surface area contributed by atoms with E-state index in [1.807, 2.05) is 0 Å². The summed E-state index contributed by atoms with van der Waals surface area (Å²) in [5.74, 6) is 0.814. The molecule has 1 aliphatic carbocycles. The van der Waals surface area contributed by atoms with E-state index in [2.05, 4.69) is 19.2 Å². The lowest BCUT2D eigenvalue weighted by atomic mass is 9.91. The molecule has 0 aromatic carbocycles. The Kier molecular flexibility index (Phi) is 7.33. The van der Waals surface area contributed by atoms with Gasteiger partial charge in [-0.05, 0) is 38.0 Å². The van der Waals surface area contributed by atoms with Crippen molar-refractivity contribution < 1.29 is 4.79 Å². The Hall–Kier alpha value is -0.570. The second-order valence-corrected chi connectivity index (χ2v) is 5.80.